The van der Waals surface area contributed by atoms with Crippen molar-refractivity contribution in [1.29, 1.82) is 5.26 Å². The van der Waals surface area contributed by atoms with Gasteiger partial charge in [0.15, 0.2) is 0 Å². The van der Waals surface area contributed by atoms with Crippen molar-refractivity contribution in [1.82, 2.24) is 4.98 Å². The molecule has 1 aliphatic rings. The molecule has 1 aliphatic heterocycles. The lowest BCUT2D eigenvalue weighted by Gasteiger charge is -2.36. The molecule has 0 fully saturated rings. The highest BCUT2D eigenvalue weighted by Crippen LogP contribution is 2.43. The van der Waals surface area contributed by atoms with Gasteiger partial charge in [-0.25, -0.2) is 19.4 Å². The van der Waals surface area contributed by atoms with Crippen LogP contribution in [0.3, 0.4) is 0 Å². The Morgan fingerprint density at radius 1 is 0.976 bits per heavy atom. The molecule has 2 aromatic carbocycles. The minimum Gasteiger partial charge on any atom is -0.466 e. The SMILES string of the molecule is CCOC(=O)c1ccnc(Oc2cccc(N3C(N)=C(C#N)C(c4ccccc4)C(C(=O)OC)=C3C(=O)OC)c2)c1. The van der Waals surface area contributed by atoms with Gasteiger partial charge in [0, 0.05) is 18.3 Å². The molecule has 0 amide bonds. The average molecular weight is 555 g/mol. The van der Waals surface area contributed by atoms with Crippen molar-refractivity contribution in [2.45, 2.75) is 12.8 Å². The van der Waals surface area contributed by atoms with Crippen molar-refractivity contribution in [3.05, 3.63) is 107 Å². The topological polar surface area (TPSA) is 154 Å². The third-order valence-electron chi connectivity index (χ3n) is 6.15. The molecule has 0 radical (unpaired) electrons. The van der Waals surface area contributed by atoms with Crippen molar-refractivity contribution >= 4 is 23.6 Å². The van der Waals surface area contributed by atoms with Crippen molar-refractivity contribution in [2.75, 3.05) is 25.7 Å². The number of anilines is 1. The number of allylic oxidation sites excluding steroid dienone is 1. The van der Waals surface area contributed by atoms with Crippen LogP contribution in [0.4, 0.5) is 5.69 Å². The number of esters is 3. The van der Waals surface area contributed by atoms with Gasteiger partial charge in [0.05, 0.1) is 55.2 Å². The third-order valence-corrected chi connectivity index (χ3v) is 6.15. The van der Waals surface area contributed by atoms with E-state index < -0.39 is 23.8 Å². The molecule has 41 heavy (non-hydrogen) atoms. The van der Waals surface area contributed by atoms with Gasteiger partial charge in [-0.2, -0.15) is 5.26 Å². The molecule has 0 bridgehead atoms. The number of rotatable bonds is 8. The zero-order valence-electron chi connectivity index (χ0n) is 22.5. The van der Waals surface area contributed by atoms with Gasteiger partial charge in [0.2, 0.25) is 5.88 Å². The Morgan fingerprint density at radius 3 is 2.37 bits per heavy atom. The zero-order valence-corrected chi connectivity index (χ0v) is 22.5. The van der Waals surface area contributed by atoms with Gasteiger partial charge in [-0.05, 0) is 30.7 Å². The van der Waals surface area contributed by atoms with Crippen LogP contribution in [-0.2, 0) is 23.8 Å². The Morgan fingerprint density at radius 2 is 1.71 bits per heavy atom. The molecule has 0 saturated carbocycles. The summed E-state index contributed by atoms with van der Waals surface area (Å²) in [7, 11) is 2.34. The van der Waals surface area contributed by atoms with Crippen molar-refractivity contribution < 1.29 is 33.3 Å². The second-order valence-corrected chi connectivity index (χ2v) is 8.54. The predicted octanol–water partition coefficient (Wildman–Crippen LogP) is 3.95. The molecule has 0 aliphatic carbocycles. The molecule has 1 atom stereocenters. The number of carbonyl (C=O) groups is 3. The van der Waals surface area contributed by atoms with Gasteiger partial charge in [-0.1, -0.05) is 36.4 Å². The first-order valence-corrected chi connectivity index (χ1v) is 12.4. The van der Waals surface area contributed by atoms with Gasteiger partial charge in [0.25, 0.3) is 0 Å². The highest BCUT2D eigenvalue weighted by atomic mass is 16.5. The van der Waals surface area contributed by atoms with Gasteiger partial charge in [-0.3, -0.25) is 4.90 Å². The van der Waals surface area contributed by atoms with Crippen LogP contribution in [-0.4, -0.2) is 43.7 Å². The van der Waals surface area contributed by atoms with E-state index in [2.05, 4.69) is 11.1 Å². The number of nitrogens with two attached hydrogens (primary N) is 1. The van der Waals surface area contributed by atoms with E-state index in [1.54, 1.807) is 55.5 Å². The van der Waals surface area contributed by atoms with E-state index >= 15 is 0 Å². The second kappa shape index (κ2) is 12.5. The van der Waals surface area contributed by atoms with Crippen LogP contribution >= 0.6 is 0 Å². The second-order valence-electron chi connectivity index (χ2n) is 8.54. The third kappa shape index (κ3) is 5.72. The minimum absolute atomic E-state index is 0.0272. The molecule has 11 nitrogen and oxygen atoms in total. The minimum atomic E-state index is -0.992. The molecule has 0 saturated heterocycles. The summed E-state index contributed by atoms with van der Waals surface area (Å²) in [5.74, 6) is -2.95. The van der Waals surface area contributed by atoms with E-state index in [0.717, 1.165) is 0 Å². The van der Waals surface area contributed by atoms with Crippen LogP contribution in [0.25, 0.3) is 0 Å². The van der Waals surface area contributed by atoms with E-state index in [1.165, 1.54) is 43.5 Å². The summed E-state index contributed by atoms with van der Waals surface area (Å²) in [5, 5.41) is 10.2. The Balaban J connectivity index is 1.86. The monoisotopic (exact) mass is 554 g/mol. The quantitative estimate of drug-likeness (QED) is 0.318. The summed E-state index contributed by atoms with van der Waals surface area (Å²) in [6, 6.07) is 20.1. The Kier molecular flexibility index (Phi) is 8.64. The van der Waals surface area contributed by atoms with Crippen molar-refractivity contribution in [3.63, 3.8) is 0 Å². The number of nitriles is 1. The van der Waals surface area contributed by atoms with Crippen LogP contribution in [0.1, 0.15) is 28.8 Å². The van der Waals surface area contributed by atoms with Gasteiger partial charge in [0.1, 0.15) is 17.3 Å². The number of aromatic nitrogens is 1. The van der Waals surface area contributed by atoms with Gasteiger partial charge < -0.3 is 24.7 Å². The first kappa shape index (κ1) is 28.4. The molecule has 0 spiro atoms. The number of methoxy groups -OCH3 is 2. The molecular formula is C30H26N4O7. The maximum atomic E-state index is 13.3. The van der Waals surface area contributed by atoms with E-state index in [0.29, 0.717) is 5.56 Å². The predicted molar refractivity (Wildman–Crippen MR) is 146 cm³/mol. The van der Waals surface area contributed by atoms with Crippen LogP contribution in [0, 0.1) is 11.3 Å². The normalized spacial score (nSPS) is 14.7. The first-order valence-electron chi connectivity index (χ1n) is 12.4. The van der Waals surface area contributed by atoms with Crippen LogP contribution in [0.5, 0.6) is 11.6 Å². The van der Waals surface area contributed by atoms with Crippen LogP contribution < -0.4 is 15.4 Å². The van der Waals surface area contributed by atoms with Crippen molar-refractivity contribution in [3.8, 4) is 17.7 Å². The summed E-state index contributed by atoms with van der Waals surface area (Å²) < 4.78 is 21.0. The molecular weight excluding hydrogens is 528 g/mol. The standard InChI is InChI=1S/C30H26N4O7/c1-4-40-28(35)19-13-14-33-23(15-19)41-21-12-8-11-20(16-21)34-26(30(37)39-3)25(29(36)38-2)24(22(17-31)27(34)32)18-9-6-5-7-10-18/h5-16,24H,4,32H2,1-3H3. The number of hydrogen-bond acceptors (Lipinski definition) is 11. The molecule has 1 unspecified atom stereocenters. The van der Waals surface area contributed by atoms with Gasteiger partial charge >= 0.3 is 17.9 Å². The maximum absolute atomic E-state index is 13.3. The fraction of sp³-hybridized carbons (Fsp3) is 0.167. The molecule has 1 aromatic heterocycles. The zero-order chi connectivity index (χ0) is 29.5. The summed E-state index contributed by atoms with van der Waals surface area (Å²) in [6.45, 7) is 1.91. The Labute approximate surface area is 236 Å². The molecule has 11 heteroatoms. The number of ether oxygens (including phenoxy) is 4. The Bertz CT molecular complexity index is 1590. The number of carbonyl (C=O) groups excluding carboxylic acids is 3. The largest absolute Gasteiger partial charge is 0.466 e. The number of nitrogens with zero attached hydrogens (tertiary/aromatic N) is 3. The molecule has 4 rings (SSSR count). The highest BCUT2D eigenvalue weighted by molar-refractivity contribution is 6.06. The fourth-order valence-corrected chi connectivity index (χ4v) is 4.40. The highest BCUT2D eigenvalue weighted by Gasteiger charge is 2.43. The van der Waals surface area contributed by atoms with Crippen molar-refractivity contribution in [2.24, 2.45) is 5.73 Å². The number of benzene rings is 2. The lowest BCUT2D eigenvalue weighted by Crippen LogP contribution is -2.40. The maximum Gasteiger partial charge on any atom is 0.355 e. The molecule has 3 aromatic rings. The summed E-state index contributed by atoms with van der Waals surface area (Å²) in [4.78, 5) is 44.0. The molecule has 2 N–H and O–H groups in total. The first-order chi connectivity index (χ1) is 19.8. The number of hydrogen-bond donors (Lipinski definition) is 1. The summed E-state index contributed by atoms with van der Waals surface area (Å²) in [5.41, 5.74) is 7.32. The van der Waals surface area contributed by atoms with E-state index in [4.69, 9.17) is 24.7 Å². The lowest BCUT2D eigenvalue weighted by atomic mass is 9.81. The number of pyridine rings is 1. The van der Waals surface area contributed by atoms with Crippen LogP contribution in [0.2, 0.25) is 0 Å². The fourth-order valence-electron chi connectivity index (χ4n) is 4.40. The van der Waals surface area contributed by atoms with E-state index in [1.807, 2.05) is 0 Å². The summed E-state index contributed by atoms with van der Waals surface area (Å²) in [6.07, 6.45) is 1.40. The average Bonchev–Trinajstić information content (AvgIpc) is 3.00. The van der Waals surface area contributed by atoms with E-state index in [-0.39, 0.29) is 52.2 Å². The summed E-state index contributed by atoms with van der Waals surface area (Å²) >= 11 is 0. The van der Waals surface area contributed by atoms with Gasteiger partial charge in [-0.15, -0.1) is 0 Å². The van der Waals surface area contributed by atoms with E-state index in [9.17, 15) is 19.6 Å². The lowest BCUT2D eigenvalue weighted by molar-refractivity contribution is -0.139. The molecule has 208 valence electrons. The molecule has 2 heterocycles. The smallest absolute Gasteiger partial charge is 0.355 e. The van der Waals surface area contributed by atoms with Crippen LogP contribution in [0.15, 0.2) is 95.6 Å². The Hall–Kier alpha value is -5.63.